The molecule has 24 heavy (non-hydrogen) atoms. The second-order valence-electron chi connectivity index (χ2n) is 5.98. The summed E-state index contributed by atoms with van der Waals surface area (Å²) < 4.78 is 27.3. The highest BCUT2D eigenvalue weighted by molar-refractivity contribution is 7.09. The van der Waals surface area contributed by atoms with Crippen molar-refractivity contribution in [1.82, 2.24) is 4.98 Å². The minimum absolute atomic E-state index is 0.381. The molecule has 0 fully saturated rings. The van der Waals surface area contributed by atoms with Gasteiger partial charge in [0.05, 0.1) is 10.7 Å². The Labute approximate surface area is 143 Å². The van der Waals surface area contributed by atoms with Crippen LogP contribution in [-0.2, 0) is 13.0 Å². The van der Waals surface area contributed by atoms with E-state index >= 15 is 0 Å². The summed E-state index contributed by atoms with van der Waals surface area (Å²) in [6, 6.07) is 10.6. The van der Waals surface area contributed by atoms with Crippen LogP contribution in [-0.4, -0.2) is 11.5 Å². The van der Waals surface area contributed by atoms with E-state index in [0.717, 1.165) is 41.0 Å². The lowest BCUT2D eigenvalue weighted by molar-refractivity contribution is 0.497. The van der Waals surface area contributed by atoms with E-state index in [1.54, 1.807) is 23.5 Å². The number of halogens is 2. The molecule has 122 valence electrons. The molecular weight excluding hydrogens is 326 g/mol. The normalized spacial score (nSPS) is 13.4. The number of hydrogen-bond donors (Lipinski definition) is 0. The number of rotatable bonds is 3. The summed E-state index contributed by atoms with van der Waals surface area (Å²) in [6.45, 7) is 3.19. The Bertz CT molecular complexity index is 904. The molecule has 0 saturated carbocycles. The number of aryl methyl sites for hydroxylation is 1. The standard InChI is InChI=1S/C19H16F2N2S/c1-12-22-17(11-24-12)13-5-6-18-14(9-13)7-8-23(18)10-15-3-2-4-16(20)19(15)21/h2-6,9,11H,7-8,10H2,1H3. The maximum atomic E-state index is 13.9. The van der Waals surface area contributed by atoms with Gasteiger partial charge in [-0.05, 0) is 37.1 Å². The smallest absolute Gasteiger partial charge is 0.163 e. The van der Waals surface area contributed by atoms with E-state index in [1.807, 2.05) is 13.0 Å². The summed E-state index contributed by atoms with van der Waals surface area (Å²) in [5, 5.41) is 3.11. The third-order valence-corrected chi connectivity index (χ3v) is 5.15. The van der Waals surface area contributed by atoms with Gasteiger partial charge in [-0.15, -0.1) is 11.3 Å². The molecule has 0 bridgehead atoms. The van der Waals surface area contributed by atoms with Gasteiger partial charge in [0.2, 0.25) is 0 Å². The average Bonchev–Trinajstić information content (AvgIpc) is 3.18. The lowest BCUT2D eigenvalue weighted by Crippen LogP contribution is -2.20. The van der Waals surface area contributed by atoms with Crippen LogP contribution in [0.2, 0.25) is 0 Å². The van der Waals surface area contributed by atoms with Gasteiger partial charge >= 0.3 is 0 Å². The first-order valence-electron chi connectivity index (χ1n) is 7.85. The largest absolute Gasteiger partial charge is 0.367 e. The summed E-state index contributed by atoms with van der Waals surface area (Å²) in [7, 11) is 0. The summed E-state index contributed by atoms with van der Waals surface area (Å²) in [4.78, 5) is 6.63. The van der Waals surface area contributed by atoms with E-state index in [-0.39, 0.29) is 0 Å². The van der Waals surface area contributed by atoms with Crippen LogP contribution in [0.4, 0.5) is 14.5 Å². The number of thiazole rings is 1. The molecule has 0 spiro atoms. The molecule has 0 unspecified atom stereocenters. The third-order valence-electron chi connectivity index (χ3n) is 4.38. The topological polar surface area (TPSA) is 16.1 Å². The van der Waals surface area contributed by atoms with E-state index < -0.39 is 11.6 Å². The number of benzene rings is 2. The Hall–Kier alpha value is -2.27. The lowest BCUT2D eigenvalue weighted by Gasteiger charge is -2.20. The van der Waals surface area contributed by atoms with Gasteiger partial charge in [-0.25, -0.2) is 13.8 Å². The zero-order valence-electron chi connectivity index (χ0n) is 13.2. The number of fused-ring (bicyclic) bond motifs is 1. The van der Waals surface area contributed by atoms with Crippen molar-refractivity contribution in [3.8, 4) is 11.3 Å². The van der Waals surface area contributed by atoms with Crippen LogP contribution >= 0.6 is 11.3 Å². The quantitative estimate of drug-likeness (QED) is 0.669. The van der Waals surface area contributed by atoms with Crippen molar-refractivity contribution in [3.05, 3.63) is 69.5 Å². The Morgan fingerprint density at radius 2 is 2.08 bits per heavy atom. The van der Waals surface area contributed by atoms with Crippen molar-refractivity contribution >= 4 is 17.0 Å². The van der Waals surface area contributed by atoms with E-state index in [4.69, 9.17) is 0 Å². The zero-order chi connectivity index (χ0) is 16.7. The van der Waals surface area contributed by atoms with Gasteiger partial charge in [-0.1, -0.05) is 18.2 Å². The van der Waals surface area contributed by atoms with Crippen LogP contribution < -0.4 is 4.90 Å². The van der Waals surface area contributed by atoms with E-state index in [2.05, 4.69) is 27.4 Å². The monoisotopic (exact) mass is 342 g/mol. The minimum atomic E-state index is -0.791. The number of nitrogens with zero attached hydrogens (tertiary/aromatic N) is 2. The van der Waals surface area contributed by atoms with Crippen LogP contribution in [0.25, 0.3) is 11.3 Å². The summed E-state index contributed by atoms with van der Waals surface area (Å²) in [5.74, 6) is -1.54. The highest BCUT2D eigenvalue weighted by Gasteiger charge is 2.21. The second kappa shape index (κ2) is 5.98. The SMILES string of the molecule is Cc1nc(-c2ccc3c(c2)CCN3Cc2cccc(F)c2F)cs1. The fourth-order valence-electron chi connectivity index (χ4n) is 3.17. The van der Waals surface area contributed by atoms with Crippen LogP contribution in [0.3, 0.4) is 0 Å². The predicted molar refractivity (Wildman–Crippen MR) is 93.4 cm³/mol. The number of aromatic nitrogens is 1. The Morgan fingerprint density at radius 3 is 2.88 bits per heavy atom. The van der Waals surface area contributed by atoms with Gasteiger partial charge in [0.25, 0.3) is 0 Å². The first-order chi connectivity index (χ1) is 11.6. The highest BCUT2D eigenvalue weighted by atomic mass is 32.1. The molecule has 1 aliphatic rings. The molecule has 2 heterocycles. The fraction of sp³-hybridized carbons (Fsp3) is 0.211. The van der Waals surface area contributed by atoms with Gasteiger partial charge in [0.15, 0.2) is 11.6 Å². The Kier molecular flexibility index (Phi) is 3.81. The molecule has 0 saturated heterocycles. The van der Waals surface area contributed by atoms with Crippen molar-refractivity contribution in [2.75, 3.05) is 11.4 Å². The molecule has 0 radical (unpaired) electrons. The van der Waals surface area contributed by atoms with Gasteiger partial charge < -0.3 is 4.90 Å². The minimum Gasteiger partial charge on any atom is -0.367 e. The van der Waals surface area contributed by atoms with Crippen molar-refractivity contribution in [2.24, 2.45) is 0 Å². The van der Waals surface area contributed by atoms with Gasteiger partial charge in [-0.3, -0.25) is 0 Å². The fourth-order valence-corrected chi connectivity index (χ4v) is 3.79. The molecule has 0 atom stereocenters. The predicted octanol–water partition coefficient (Wildman–Crippen LogP) is 4.96. The third kappa shape index (κ3) is 2.69. The summed E-state index contributed by atoms with van der Waals surface area (Å²) in [5.41, 5.74) is 4.82. The molecule has 0 N–H and O–H groups in total. The molecule has 1 aromatic heterocycles. The first-order valence-corrected chi connectivity index (χ1v) is 8.73. The van der Waals surface area contributed by atoms with Crippen molar-refractivity contribution in [3.63, 3.8) is 0 Å². The maximum Gasteiger partial charge on any atom is 0.163 e. The molecule has 1 aliphatic heterocycles. The van der Waals surface area contributed by atoms with Crippen LogP contribution in [0.5, 0.6) is 0 Å². The molecule has 2 aromatic carbocycles. The number of hydrogen-bond acceptors (Lipinski definition) is 3. The van der Waals surface area contributed by atoms with Crippen LogP contribution in [0, 0.1) is 18.6 Å². The molecule has 2 nitrogen and oxygen atoms in total. The molecule has 3 aromatic rings. The summed E-state index contributed by atoms with van der Waals surface area (Å²) in [6.07, 6.45) is 0.906. The van der Waals surface area contributed by atoms with Crippen LogP contribution in [0.1, 0.15) is 16.1 Å². The second-order valence-corrected chi connectivity index (χ2v) is 7.04. The van der Waals surface area contributed by atoms with Gasteiger partial charge in [-0.2, -0.15) is 0 Å². The van der Waals surface area contributed by atoms with Gasteiger partial charge in [0.1, 0.15) is 0 Å². The first kappa shape index (κ1) is 15.3. The molecule has 4 rings (SSSR count). The zero-order valence-corrected chi connectivity index (χ0v) is 14.0. The molecule has 0 amide bonds. The van der Waals surface area contributed by atoms with E-state index in [9.17, 15) is 8.78 Å². The van der Waals surface area contributed by atoms with Gasteiger partial charge in [0, 0.05) is 35.3 Å². The Balaban J connectivity index is 1.61. The maximum absolute atomic E-state index is 13.9. The molecular formula is C19H16F2N2S. The number of anilines is 1. The van der Waals surface area contributed by atoms with E-state index in [1.165, 1.54) is 5.56 Å². The van der Waals surface area contributed by atoms with E-state index in [0.29, 0.717) is 12.1 Å². The molecule has 0 aliphatic carbocycles. The highest BCUT2D eigenvalue weighted by Crippen LogP contribution is 2.33. The summed E-state index contributed by atoms with van der Waals surface area (Å²) >= 11 is 1.64. The molecule has 5 heteroatoms. The van der Waals surface area contributed by atoms with Crippen molar-refractivity contribution in [2.45, 2.75) is 19.9 Å². The average molecular weight is 342 g/mol. The van der Waals surface area contributed by atoms with Crippen molar-refractivity contribution < 1.29 is 8.78 Å². The van der Waals surface area contributed by atoms with Crippen molar-refractivity contribution in [1.29, 1.82) is 0 Å². The Morgan fingerprint density at radius 1 is 1.21 bits per heavy atom. The lowest BCUT2D eigenvalue weighted by atomic mass is 10.1. The van der Waals surface area contributed by atoms with Crippen LogP contribution in [0.15, 0.2) is 41.8 Å².